The molecular weight excluding hydrogens is 141 g/mol. The van der Waals surface area contributed by atoms with Crippen molar-refractivity contribution in [2.45, 2.75) is 45.2 Å². The molecule has 0 saturated carbocycles. The number of rotatable bonds is 4. The zero-order valence-electron chi connectivity index (χ0n) is 6.33. The normalized spacial score (nSPS) is 15.3. The molecular formula is C7H13F3. The van der Waals surface area contributed by atoms with Gasteiger partial charge in [0.2, 0.25) is 0 Å². The van der Waals surface area contributed by atoms with Gasteiger partial charge in [-0.15, -0.1) is 0 Å². The molecule has 0 spiro atoms. The van der Waals surface area contributed by atoms with Crippen LogP contribution >= 0.6 is 0 Å². The second-order valence-corrected chi connectivity index (χ2v) is 2.57. The van der Waals surface area contributed by atoms with Crippen molar-refractivity contribution in [1.29, 1.82) is 0 Å². The summed E-state index contributed by atoms with van der Waals surface area (Å²) in [7, 11) is 0. The molecule has 0 aliphatic carbocycles. The van der Waals surface area contributed by atoms with Crippen molar-refractivity contribution in [2.24, 2.45) is 0 Å². The largest absolute Gasteiger partial charge is 0.275 e. The zero-order valence-corrected chi connectivity index (χ0v) is 6.33. The van der Waals surface area contributed by atoms with Crippen LogP contribution < -0.4 is 0 Å². The summed E-state index contributed by atoms with van der Waals surface area (Å²) >= 11 is 0. The van der Waals surface area contributed by atoms with Gasteiger partial charge >= 0.3 is 0 Å². The first-order chi connectivity index (χ1) is 4.48. The van der Waals surface area contributed by atoms with Crippen LogP contribution in [0.2, 0.25) is 0 Å². The van der Waals surface area contributed by atoms with Crippen molar-refractivity contribution in [2.75, 3.05) is 0 Å². The first kappa shape index (κ1) is 9.79. The van der Waals surface area contributed by atoms with Gasteiger partial charge in [0.05, 0.1) is 0 Å². The number of hydrogen-bond donors (Lipinski definition) is 0. The van der Waals surface area contributed by atoms with Crippen LogP contribution in [-0.4, -0.2) is 12.1 Å². The van der Waals surface area contributed by atoms with Gasteiger partial charge in [0, 0.05) is 6.92 Å². The fraction of sp³-hybridized carbons (Fsp3) is 1.00. The fourth-order valence-electron chi connectivity index (χ4n) is 0.637. The van der Waals surface area contributed by atoms with E-state index in [1.807, 2.05) is 6.92 Å². The third-order valence-corrected chi connectivity index (χ3v) is 1.36. The third-order valence-electron chi connectivity index (χ3n) is 1.36. The van der Waals surface area contributed by atoms with Gasteiger partial charge in [-0.1, -0.05) is 19.8 Å². The van der Waals surface area contributed by atoms with Crippen molar-refractivity contribution in [3.05, 3.63) is 0 Å². The van der Waals surface area contributed by atoms with E-state index >= 15 is 0 Å². The highest BCUT2D eigenvalue weighted by atomic mass is 19.3. The molecule has 0 fully saturated rings. The number of hydrogen-bond acceptors (Lipinski definition) is 0. The number of alkyl halides is 3. The van der Waals surface area contributed by atoms with Crippen molar-refractivity contribution >= 4 is 0 Å². The Morgan fingerprint density at radius 2 is 1.90 bits per heavy atom. The van der Waals surface area contributed by atoms with Crippen LogP contribution in [0.5, 0.6) is 0 Å². The monoisotopic (exact) mass is 154 g/mol. The highest BCUT2D eigenvalue weighted by Gasteiger charge is 2.33. The molecule has 0 aromatic carbocycles. The zero-order chi connectivity index (χ0) is 8.20. The SMILES string of the molecule is CCCC[C@H](F)C(C)(F)F. The van der Waals surface area contributed by atoms with E-state index in [0.29, 0.717) is 13.3 Å². The second kappa shape index (κ2) is 3.84. The summed E-state index contributed by atoms with van der Waals surface area (Å²) in [6, 6.07) is 0. The molecule has 10 heavy (non-hydrogen) atoms. The average Bonchev–Trinajstić information content (AvgIpc) is 1.80. The minimum atomic E-state index is -3.16. The molecule has 0 amide bonds. The third kappa shape index (κ3) is 3.75. The van der Waals surface area contributed by atoms with E-state index in [4.69, 9.17) is 0 Å². The van der Waals surface area contributed by atoms with Crippen molar-refractivity contribution in [3.8, 4) is 0 Å². The average molecular weight is 154 g/mol. The van der Waals surface area contributed by atoms with E-state index in [-0.39, 0.29) is 6.42 Å². The molecule has 0 aliphatic rings. The van der Waals surface area contributed by atoms with Gasteiger partial charge in [0.15, 0.2) is 6.17 Å². The molecule has 62 valence electrons. The molecule has 0 rings (SSSR count). The van der Waals surface area contributed by atoms with Crippen LogP contribution in [0.4, 0.5) is 13.2 Å². The maximum Gasteiger partial charge on any atom is 0.275 e. The Hall–Kier alpha value is -0.210. The quantitative estimate of drug-likeness (QED) is 0.583. The predicted molar refractivity (Wildman–Crippen MR) is 35.0 cm³/mol. The first-order valence-electron chi connectivity index (χ1n) is 3.50. The van der Waals surface area contributed by atoms with E-state index in [0.717, 1.165) is 6.42 Å². The molecule has 0 aromatic rings. The summed E-state index contributed by atoms with van der Waals surface area (Å²) in [6.07, 6.45) is -0.700. The van der Waals surface area contributed by atoms with Crippen molar-refractivity contribution in [1.82, 2.24) is 0 Å². The van der Waals surface area contributed by atoms with Gasteiger partial charge in [-0.05, 0) is 6.42 Å². The van der Waals surface area contributed by atoms with E-state index in [2.05, 4.69) is 0 Å². The van der Waals surface area contributed by atoms with Gasteiger partial charge in [0.25, 0.3) is 5.92 Å². The molecule has 0 unspecified atom stereocenters. The van der Waals surface area contributed by atoms with Crippen LogP contribution in [0.3, 0.4) is 0 Å². The number of halogens is 3. The van der Waals surface area contributed by atoms with Gasteiger partial charge in [-0.2, -0.15) is 0 Å². The fourth-order valence-corrected chi connectivity index (χ4v) is 0.637. The van der Waals surface area contributed by atoms with Crippen LogP contribution in [0, 0.1) is 0 Å². The van der Waals surface area contributed by atoms with Crippen LogP contribution in [0.1, 0.15) is 33.1 Å². The smallest absolute Gasteiger partial charge is 0.241 e. The minimum absolute atomic E-state index is 0.0278. The van der Waals surface area contributed by atoms with Gasteiger partial charge < -0.3 is 0 Å². The Morgan fingerprint density at radius 3 is 2.20 bits per heavy atom. The topological polar surface area (TPSA) is 0 Å². The van der Waals surface area contributed by atoms with E-state index in [9.17, 15) is 13.2 Å². The Kier molecular flexibility index (Phi) is 3.76. The van der Waals surface area contributed by atoms with Crippen molar-refractivity contribution < 1.29 is 13.2 Å². The van der Waals surface area contributed by atoms with Gasteiger partial charge in [-0.3, -0.25) is 0 Å². The summed E-state index contributed by atoms with van der Waals surface area (Å²) in [4.78, 5) is 0. The highest BCUT2D eigenvalue weighted by molar-refractivity contribution is 4.70. The summed E-state index contributed by atoms with van der Waals surface area (Å²) in [6.45, 7) is 2.47. The van der Waals surface area contributed by atoms with E-state index in [1.54, 1.807) is 0 Å². The Bertz CT molecular complexity index is 85.3. The lowest BCUT2D eigenvalue weighted by Crippen LogP contribution is -2.25. The molecule has 0 heterocycles. The minimum Gasteiger partial charge on any atom is -0.241 e. The molecule has 0 aliphatic heterocycles. The van der Waals surface area contributed by atoms with E-state index in [1.165, 1.54) is 0 Å². The Labute approximate surface area is 59.4 Å². The Morgan fingerprint density at radius 1 is 1.40 bits per heavy atom. The van der Waals surface area contributed by atoms with Crippen LogP contribution in [0.25, 0.3) is 0 Å². The lowest BCUT2D eigenvalue weighted by molar-refractivity contribution is -0.0583. The second-order valence-electron chi connectivity index (χ2n) is 2.57. The summed E-state index contributed by atoms with van der Waals surface area (Å²) in [5, 5.41) is 0. The molecule has 0 bridgehead atoms. The summed E-state index contributed by atoms with van der Waals surface area (Å²) in [5.41, 5.74) is 0. The first-order valence-corrected chi connectivity index (χ1v) is 3.50. The Balaban J connectivity index is 3.52. The standard InChI is InChI=1S/C7H13F3/c1-3-4-5-6(8)7(2,9)10/h6H,3-5H2,1-2H3/t6-/m0/s1. The lowest BCUT2D eigenvalue weighted by atomic mass is 10.1. The molecule has 1 atom stereocenters. The molecule has 0 aromatic heterocycles. The van der Waals surface area contributed by atoms with Crippen molar-refractivity contribution in [3.63, 3.8) is 0 Å². The summed E-state index contributed by atoms with van der Waals surface area (Å²) < 4.78 is 36.5. The van der Waals surface area contributed by atoms with Gasteiger partial charge in [-0.25, -0.2) is 13.2 Å². The lowest BCUT2D eigenvalue weighted by Gasteiger charge is -2.14. The molecule has 0 saturated heterocycles. The molecule has 0 nitrogen and oxygen atoms in total. The van der Waals surface area contributed by atoms with Crippen LogP contribution in [0.15, 0.2) is 0 Å². The molecule has 3 heteroatoms. The predicted octanol–water partition coefficient (Wildman–Crippen LogP) is 3.17. The maximum absolute atomic E-state index is 12.3. The summed E-state index contributed by atoms with van der Waals surface area (Å²) in [5.74, 6) is -3.16. The molecule has 0 radical (unpaired) electrons. The van der Waals surface area contributed by atoms with E-state index < -0.39 is 12.1 Å². The molecule has 0 N–H and O–H groups in total. The highest BCUT2D eigenvalue weighted by Crippen LogP contribution is 2.24. The maximum atomic E-state index is 12.3. The number of unbranched alkanes of at least 4 members (excludes halogenated alkanes) is 1. The van der Waals surface area contributed by atoms with Crippen LogP contribution in [-0.2, 0) is 0 Å². The van der Waals surface area contributed by atoms with Gasteiger partial charge in [0.1, 0.15) is 0 Å².